The van der Waals surface area contributed by atoms with E-state index >= 15 is 0 Å². The standard InChI is InChI=1S/C17H24FN5OS.HI/c1-12(24-15-8-6-5-7-14(15)18)9-20-16(19-2)21-10-13-11-25-17(22-13)23(3)4;/h5-8,11-12H,9-10H2,1-4H3,(H2,19,20,21);1H. The van der Waals surface area contributed by atoms with Gasteiger partial charge in [-0.1, -0.05) is 12.1 Å². The Bertz CT molecular complexity index is 710. The average Bonchev–Trinajstić information content (AvgIpc) is 3.06. The highest BCUT2D eigenvalue weighted by atomic mass is 127. The van der Waals surface area contributed by atoms with Gasteiger partial charge >= 0.3 is 0 Å². The van der Waals surface area contributed by atoms with E-state index in [0.717, 1.165) is 10.8 Å². The van der Waals surface area contributed by atoms with Crippen LogP contribution in [0.15, 0.2) is 34.6 Å². The molecule has 0 aliphatic rings. The second kappa shape index (κ2) is 11.2. The molecule has 0 spiro atoms. The number of nitrogens with zero attached hydrogens (tertiary/aromatic N) is 3. The summed E-state index contributed by atoms with van der Waals surface area (Å²) in [7, 11) is 5.63. The number of rotatable bonds is 7. The predicted molar refractivity (Wildman–Crippen MR) is 117 cm³/mol. The van der Waals surface area contributed by atoms with Gasteiger partial charge in [-0.05, 0) is 19.1 Å². The smallest absolute Gasteiger partial charge is 0.191 e. The van der Waals surface area contributed by atoms with Crippen molar-refractivity contribution in [3.05, 3.63) is 41.2 Å². The summed E-state index contributed by atoms with van der Waals surface area (Å²) in [5, 5.41) is 9.35. The van der Waals surface area contributed by atoms with Crippen molar-refractivity contribution in [1.29, 1.82) is 0 Å². The fourth-order valence-corrected chi connectivity index (χ4v) is 2.78. The van der Waals surface area contributed by atoms with E-state index < -0.39 is 0 Å². The molecule has 1 heterocycles. The lowest BCUT2D eigenvalue weighted by Gasteiger charge is -2.17. The summed E-state index contributed by atoms with van der Waals surface area (Å²) >= 11 is 1.60. The maximum absolute atomic E-state index is 13.6. The zero-order valence-electron chi connectivity index (χ0n) is 15.3. The number of guanidine groups is 1. The Morgan fingerprint density at radius 1 is 1.35 bits per heavy atom. The highest BCUT2D eigenvalue weighted by Gasteiger charge is 2.09. The molecule has 0 saturated heterocycles. The number of benzene rings is 1. The van der Waals surface area contributed by atoms with Crippen LogP contribution in [0.25, 0.3) is 0 Å². The van der Waals surface area contributed by atoms with Gasteiger partial charge in [0.15, 0.2) is 22.7 Å². The SMILES string of the molecule is CN=C(NCc1csc(N(C)C)n1)NCC(C)Oc1ccccc1F.I. The quantitative estimate of drug-likeness (QED) is 0.353. The van der Waals surface area contributed by atoms with E-state index in [-0.39, 0.29) is 41.6 Å². The van der Waals surface area contributed by atoms with Gasteiger partial charge in [0.25, 0.3) is 0 Å². The van der Waals surface area contributed by atoms with Crippen LogP contribution in [0.5, 0.6) is 5.75 Å². The van der Waals surface area contributed by atoms with Crippen molar-refractivity contribution < 1.29 is 9.13 Å². The molecule has 2 aromatic rings. The first kappa shape index (κ1) is 22.4. The molecule has 0 aliphatic carbocycles. The third-order valence-electron chi connectivity index (χ3n) is 3.30. The lowest BCUT2D eigenvalue weighted by molar-refractivity contribution is 0.214. The zero-order valence-corrected chi connectivity index (χ0v) is 18.5. The van der Waals surface area contributed by atoms with Crippen LogP contribution >= 0.6 is 35.3 Å². The molecule has 1 atom stereocenters. The summed E-state index contributed by atoms with van der Waals surface area (Å²) in [6.07, 6.45) is -0.213. The van der Waals surface area contributed by atoms with Crippen LogP contribution in [0.3, 0.4) is 0 Å². The molecular weight excluding hydrogens is 468 g/mol. The molecule has 0 fully saturated rings. The fraction of sp³-hybridized carbons (Fsp3) is 0.412. The lowest BCUT2D eigenvalue weighted by Crippen LogP contribution is -2.41. The van der Waals surface area contributed by atoms with Gasteiger partial charge in [0, 0.05) is 26.5 Å². The van der Waals surface area contributed by atoms with E-state index in [2.05, 4.69) is 20.6 Å². The van der Waals surface area contributed by atoms with Crippen molar-refractivity contribution in [2.24, 2.45) is 4.99 Å². The first-order chi connectivity index (χ1) is 12.0. The van der Waals surface area contributed by atoms with Crippen molar-refractivity contribution in [2.45, 2.75) is 19.6 Å². The number of hydrogen-bond donors (Lipinski definition) is 2. The van der Waals surface area contributed by atoms with Crippen LogP contribution < -0.4 is 20.3 Å². The Morgan fingerprint density at radius 2 is 2.08 bits per heavy atom. The summed E-state index contributed by atoms with van der Waals surface area (Å²) in [5.74, 6) is 0.527. The maximum atomic E-state index is 13.6. The maximum Gasteiger partial charge on any atom is 0.191 e. The zero-order chi connectivity index (χ0) is 18.2. The minimum absolute atomic E-state index is 0. The van der Waals surface area contributed by atoms with E-state index in [1.807, 2.05) is 31.3 Å². The van der Waals surface area contributed by atoms with Gasteiger partial charge < -0.3 is 20.3 Å². The number of thiazole rings is 1. The van der Waals surface area contributed by atoms with Crippen molar-refractivity contribution in [3.8, 4) is 5.75 Å². The molecule has 0 amide bonds. The molecule has 0 saturated carbocycles. The lowest BCUT2D eigenvalue weighted by atomic mass is 10.3. The molecule has 1 aromatic heterocycles. The van der Waals surface area contributed by atoms with Crippen LogP contribution in [0, 0.1) is 5.82 Å². The van der Waals surface area contributed by atoms with E-state index in [1.165, 1.54) is 6.07 Å². The van der Waals surface area contributed by atoms with E-state index in [0.29, 0.717) is 19.0 Å². The molecule has 1 unspecified atom stereocenters. The highest BCUT2D eigenvalue weighted by Crippen LogP contribution is 2.18. The third-order valence-corrected chi connectivity index (χ3v) is 4.36. The first-order valence-electron chi connectivity index (χ1n) is 7.97. The van der Waals surface area contributed by atoms with Crippen LogP contribution in [0.2, 0.25) is 0 Å². The summed E-state index contributed by atoms with van der Waals surface area (Å²) in [4.78, 5) is 10.7. The monoisotopic (exact) mass is 493 g/mol. The molecule has 9 heteroatoms. The van der Waals surface area contributed by atoms with Crippen LogP contribution in [-0.2, 0) is 6.54 Å². The van der Waals surface area contributed by atoms with Gasteiger partial charge in [0.05, 0.1) is 18.8 Å². The third kappa shape index (κ3) is 6.94. The van der Waals surface area contributed by atoms with Crippen LogP contribution in [0.1, 0.15) is 12.6 Å². The first-order valence-corrected chi connectivity index (χ1v) is 8.85. The van der Waals surface area contributed by atoms with E-state index in [1.54, 1.807) is 36.6 Å². The van der Waals surface area contributed by atoms with Crippen LogP contribution in [-0.4, -0.2) is 44.7 Å². The summed E-state index contributed by atoms with van der Waals surface area (Å²) in [5.41, 5.74) is 0.951. The normalized spacial score (nSPS) is 12.1. The topological polar surface area (TPSA) is 61.8 Å². The van der Waals surface area contributed by atoms with Crippen molar-refractivity contribution in [2.75, 3.05) is 32.6 Å². The molecule has 144 valence electrons. The second-order valence-corrected chi connectivity index (χ2v) is 6.52. The number of aromatic nitrogens is 1. The van der Waals surface area contributed by atoms with Gasteiger partial charge in [-0.2, -0.15) is 0 Å². The number of ether oxygens (including phenoxy) is 1. The number of halogens is 2. The van der Waals surface area contributed by atoms with Crippen LogP contribution in [0.4, 0.5) is 9.52 Å². The van der Waals surface area contributed by atoms with Crippen molar-refractivity contribution in [3.63, 3.8) is 0 Å². The summed E-state index contributed by atoms with van der Waals surface area (Å²) in [6.45, 7) is 2.94. The summed E-state index contributed by atoms with van der Waals surface area (Å²) < 4.78 is 19.2. The summed E-state index contributed by atoms with van der Waals surface area (Å²) in [6, 6.07) is 6.38. The van der Waals surface area contributed by atoms with Gasteiger partial charge in [0.1, 0.15) is 6.10 Å². The number of nitrogens with one attached hydrogen (secondary N) is 2. The molecule has 0 bridgehead atoms. The molecule has 0 radical (unpaired) electrons. The van der Waals surface area contributed by atoms with Gasteiger partial charge in [-0.3, -0.25) is 4.99 Å². The molecule has 6 nitrogen and oxygen atoms in total. The number of anilines is 1. The Balaban J connectivity index is 0.00000338. The average molecular weight is 493 g/mol. The minimum Gasteiger partial charge on any atom is -0.486 e. The van der Waals surface area contributed by atoms with Gasteiger partial charge in [0.2, 0.25) is 0 Å². The second-order valence-electron chi connectivity index (χ2n) is 5.68. The Hall–Kier alpha value is -1.62. The highest BCUT2D eigenvalue weighted by molar-refractivity contribution is 14.0. The molecule has 1 aromatic carbocycles. The van der Waals surface area contributed by atoms with E-state index in [9.17, 15) is 4.39 Å². The predicted octanol–water partition coefficient (Wildman–Crippen LogP) is 3.10. The fourth-order valence-electron chi connectivity index (χ4n) is 2.02. The molecular formula is C17H25FIN5OS. The molecule has 2 rings (SSSR count). The molecule has 2 N–H and O–H groups in total. The largest absolute Gasteiger partial charge is 0.486 e. The van der Waals surface area contributed by atoms with Gasteiger partial charge in [-0.25, -0.2) is 9.37 Å². The minimum atomic E-state index is -0.364. The number of hydrogen-bond acceptors (Lipinski definition) is 5. The Kier molecular flexibility index (Phi) is 9.63. The van der Waals surface area contributed by atoms with Crippen molar-refractivity contribution >= 4 is 46.4 Å². The Labute approximate surface area is 174 Å². The molecule has 0 aliphatic heterocycles. The Morgan fingerprint density at radius 3 is 2.69 bits per heavy atom. The number of para-hydroxylation sites is 1. The molecule has 26 heavy (non-hydrogen) atoms. The van der Waals surface area contributed by atoms with Crippen molar-refractivity contribution in [1.82, 2.24) is 15.6 Å². The number of aliphatic imine (C=N–C) groups is 1. The van der Waals surface area contributed by atoms with Gasteiger partial charge in [-0.15, -0.1) is 35.3 Å². The van der Waals surface area contributed by atoms with E-state index in [4.69, 9.17) is 4.74 Å².